The van der Waals surface area contributed by atoms with Crippen LogP contribution in [0.5, 0.6) is 0 Å². The van der Waals surface area contributed by atoms with Crippen molar-refractivity contribution in [1.82, 2.24) is 10.3 Å². The minimum Gasteiger partial charge on any atom is -0.349 e. The highest BCUT2D eigenvalue weighted by Crippen LogP contribution is 2.04. The summed E-state index contributed by atoms with van der Waals surface area (Å²) in [4.78, 5) is 15.0. The molecule has 0 fully saturated rings. The molecule has 0 aliphatic rings. The van der Waals surface area contributed by atoms with E-state index in [9.17, 15) is 9.18 Å². The van der Waals surface area contributed by atoms with Gasteiger partial charge in [-0.25, -0.2) is 4.98 Å². The van der Waals surface area contributed by atoms with E-state index in [2.05, 4.69) is 10.3 Å². The molecule has 1 atom stereocenters. The molecule has 0 saturated heterocycles. The zero-order valence-electron chi connectivity index (χ0n) is 9.12. The number of carbonyl (C=O) groups is 1. The number of aromatic nitrogens is 1. The Morgan fingerprint density at radius 3 is 2.67 bits per heavy atom. The van der Waals surface area contributed by atoms with Gasteiger partial charge in [0.2, 0.25) is 5.95 Å². The summed E-state index contributed by atoms with van der Waals surface area (Å²) >= 11 is 0. The third-order valence-corrected chi connectivity index (χ3v) is 2.35. The van der Waals surface area contributed by atoms with Gasteiger partial charge >= 0.3 is 0 Å². The van der Waals surface area contributed by atoms with E-state index < -0.39 is 5.95 Å². The normalized spacial score (nSPS) is 12.6. The molecule has 0 aliphatic carbocycles. The maximum absolute atomic E-state index is 12.7. The Kier molecular flexibility index (Phi) is 3.77. The first kappa shape index (κ1) is 11.6. The molecule has 3 nitrogen and oxygen atoms in total. The van der Waals surface area contributed by atoms with Gasteiger partial charge < -0.3 is 5.32 Å². The number of hydrogen-bond acceptors (Lipinski definition) is 2. The lowest BCUT2D eigenvalue weighted by Gasteiger charge is -2.17. The quantitative estimate of drug-likeness (QED) is 0.775. The van der Waals surface area contributed by atoms with E-state index >= 15 is 0 Å². The van der Waals surface area contributed by atoms with Gasteiger partial charge in [0.05, 0.1) is 0 Å². The van der Waals surface area contributed by atoms with Gasteiger partial charge in [0.15, 0.2) is 0 Å². The standard InChI is InChI=1S/C11H15FN2O/c1-7(2)8(3)14-11(15)9-4-5-13-10(12)6-9/h4-8H,1-3H3,(H,14,15). The van der Waals surface area contributed by atoms with Crippen LogP contribution in [0.1, 0.15) is 31.1 Å². The fourth-order valence-electron chi connectivity index (χ4n) is 1.00. The lowest BCUT2D eigenvalue weighted by Crippen LogP contribution is -2.36. The monoisotopic (exact) mass is 210 g/mol. The number of nitrogens with one attached hydrogen (secondary N) is 1. The maximum atomic E-state index is 12.7. The molecule has 4 heteroatoms. The molecule has 82 valence electrons. The lowest BCUT2D eigenvalue weighted by molar-refractivity contribution is 0.0930. The van der Waals surface area contributed by atoms with Crippen LogP contribution in [-0.2, 0) is 0 Å². The Morgan fingerprint density at radius 2 is 2.13 bits per heavy atom. The Balaban J connectivity index is 2.69. The molecule has 1 unspecified atom stereocenters. The number of rotatable bonds is 3. The lowest BCUT2D eigenvalue weighted by atomic mass is 10.1. The summed E-state index contributed by atoms with van der Waals surface area (Å²) in [5, 5.41) is 2.79. The van der Waals surface area contributed by atoms with Gasteiger partial charge in [0.25, 0.3) is 5.91 Å². The predicted octanol–water partition coefficient (Wildman–Crippen LogP) is 2.00. The first-order chi connectivity index (χ1) is 7.00. The molecular formula is C11H15FN2O. The molecule has 0 aromatic carbocycles. The van der Waals surface area contributed by atoms with Crippen molar-refractivity contribution < 1.29 is 9.18 Å². The van der Waals surface area contributed by atoms with E-state index in [1.807, 2.05) is 20.8 Å². The number of amides is 1. The maximum Gasteiger partial charge on any atom is 0.251 e. The van der Waals surface area contributed by atoms with Gasteiger partial charge in [-0.1, -0.05) is 13.8 Å². The fourth-order valence-corrected chi connectivity index (χ4v) is 1.00. The van der Waals surface area contributed by atoms with E-state index in [4.69, 9.17) is 0 Å². The van der Waals surface area contributed by atoms with E-state index in [-0.39, 0.29) is 11.9 Å². The third-order valence-electron chi connectivity index (χ3n) is 2.35. The highest BCUT2D eigenvalue weighted by atomic mass is 19.1. The molecule has 0 saturated carbocycles. The first-order valence-electron chi connectivity index (χ1n) is 4.93. The van der Waals surface area contributed by atoms with Crippen molar-refractivity contribution in [2.75, 3.05) is 0 Å². The van der Waals surface area contributed by atoms with Crippen molar-refractivity contribution in [3.8, 4) is 0 Å². The zero-order valence-corrected chi connectivity index (χ0v) is 9.12. The zero-order chi connectivity index (χ0) is 11.4. The summed E-state index contributed by atoms with van der Waals surface area (Å²) in [6.45, 7) is 5.94. The second-order valence-corrected chi connectivity index (χ2v) is 3.87. The van der Waals surface area contributed by atoms with Gasteiger partial charge in [0.1, 0.15) is 0 Å². The van der Waals surface area contributed by atoms with Crippen LogP contribution in [0.4, 0.5) is 4.39 Å². The van der Waals surface area contributed by atoms with Gasteiger partial charge in [-0.3, -0.25) is 4.79 Å². The Labute approximate surface area is 88.7 Å². The second kappa shape index (κ2) is 4.87. The van der Waals surface area contributed by atoms with E-state index in [1.54, 1.807) is 0 Å². The van der Waals surface area contributed by atoms with Crippen molar-refractivity contribution >= 4 is 5.91 Å². The summed E-state index contributed by atoms with van der Waals surface area (Å²) in [6, 6.07) is 2.68. The van der Waals surface area contributed by atoms with Crippen molar-refractivity contribution in [2.24, 2.45) is 5.92 Å². The van der Waals surface area contributed by atoms with Crippen molar-refractivity contribution in [3.63, 3.8) is 0 Å². The van der Waals surface area contributed by atoms with Gasteiger partial charge in [-0.2, -0.15) is 4.39 Å². The van der Waals surface area contributed by atoms with Crippen LogP contribution in [0.2, 0.25) is 0 Å². The van der Waals surface area contributed by atoms with Gasteiger partial charge in [-0.15, -0.1) is 0 Å². The van der Waals surface area contributed by atoms with Gasteiger partial charge in [0, 0.05) is 23.9 Å². The molecule has 0 aliphatic heterocycles. The van der Waals surface area contributed by atoms with Gasteiger partial charge in [-0.05, 0) is 18.9 Å². The number of nitrogens with zero attached hydrogens (tertiary/aromatic N) is 1. The molecule has 1 amide bonds. The SMILES string of the molecule is CC(C)C(C)NC(=O)c1ccnc(F)c1. The Bertz CT molecular complexity index is 352. The van der Waals surface area contributed by atoms with Crippen LogP contribution in [0.15, 0.2) is 18.3 Å². The average molecular weight is 210 g/mol. The van der Waals surface area contributed by atoms with Crippen LogP contribution in [0.25, 0.3) is 0 Å². The number of pyridine rings is 1. The minimum absolute atomic E-state index is 0.0636. The molecule has 1 aromatic rings. The number of halogens is 1. The minimum atomic E-state index is -0.639. The van der Waals surface area contributed by atoms with Crippen molar-refractivity contribution in [2.45, 2.75) is 26.8 Å². The summed E-state index contributed by atoms with van der Waals surface area (Å²) in [5.74, 6) is -0.557. The molecule has 1 heterocycles. The third kappa shape index (κ3) is 3.31. The largest absolute Gasteiger partial charge is 0.349 e. The van der Waals surface area contributed by atoms with Crippen molar-refractivity contribution in [3.05, 3.63) is 29.8 Å². The highest BCUT2D eigenvalue weighted by Gasteiger charge is 2.12. The summed E-state index contributed by atoms with van der Waals surface area (Å²) in [7, 11) is 0. The highest BCUT2D eigenvalue weighted by molar-refractivity contribution is 5.94. The molecule has 1 aromatic heterocycles. The van der Waals surface area contributed by atoms with Crippen LogP contribution >= 0.6 is 0 Å². The van der Waals surface area contributed by atoms with E-state index in [0.717, 1.165) is 6.07 Å². The Hall–Kier alpha value is -1.45. The smallest absolute Gasteiger partial charge is 0.251 e. The van der Waals surface area contributed by atoms with Crippen LogP contribution in [-0.4, -0.2) is 16.9 Å². The van der Waals surface area contributed by atoms with Crippen molar-refractivity contribution in [1.29, 1.82) is 0 Å². The second-order valence-electron chi connectivity index (χ2n) is 3.87. The molecule has 1 rings (SSSR count). The number of carbonyl (C=O) groups excluding carboxylic acids is 1. The molecule has 0 bridgehead atoms. The van der Waals surface area contributed by atoms with E-state index in [1.165, 1.54) is 12.3 Å². The molecule has 1 N–H and O–H groups in total. The molecular weight excluding hydrogens is 195 g/mol. The first-order valence-corrected chi connectivity index (χ1v) is 4.93. The topological polar surface area (TPSA) is 42.0 Å². The Morgan fingerprint density at radius 1 is 1.47 bits per heavy atom. The average Bonchev–Trinajstić information content (AvgIpc) is 2.17. The summed E-state index contributed by atoms with van der Waals surface area (Å²) in [5.41, 5.74) is 0.301. The van der Waals surface area contributed by atoms with E-state index in [0.29, 0.717) is 11.5 Å². The summed E-state index contributed by atoms with van der Waals surface area (Å²) in [6.07, 6.45) is 1.28. The molecule has 15 heavy (non-hydrogen) atoms. The fraction of sp³-hybridized carbons (Fsp3) is 0.455. The molecule has 0 radical (unpaired) electrons. The van der Waals surface area contributed by atoms with Crippen LogP contribution in [0, 0.1) is 11.9 Å². The van der Waals surface area contributed by atoms with Crippen LogP contribution in [0.3, 0.4) is 0 Å². The van der Waals surface area contributed by atoms with Crippen LogP contribution < -0.4 is 5.32 Å². The predicted molar refractivity (Wildman–Crippen MR) is 56.0 cm³/mol. The summed E-state index contributed by atoms with van der Waals surface area (Å²) < 4.78 is 12.7. The number of hydrogen-bond donors (Lipinski definition) is 1. The molecule has 0 spiro atoms.